The second-order valence-electron chi connectivity index (χ2n) is 4.01. The Hall–Kier alpha value is -1.54. The third kappa shape index (κ3) is 2.34. The minimum atomic E-state index is 0.352. The standard InChI is InChI=1S/C14H17NO/c1-2-8-15-10-11-6-7-13-12(9-11)4-3-5-14(13)16/h3-7,9,15-16H,2,8,10H2,1H3. The van der Waals surface area contributed by atoms with Gasteiger partial charge in [0.05, 0.1) is 0 Å². The first-order valence-electron chi connectivity index (χ1n) is 5.72. The Morgan fingerprint density at radius 2 is 2.06 bits per heavy atom. The minimum Gasteiger partial charge on any atom is -0.507 e. The molecule has 0 aliphatic carbocycles. The summed E-state index contributed by atoms with van der Waals surface area (Å²) in [6.07, 6.45) is 1.15. The zero-order valence-electron chi connectivity index (χ0n) is 9.53. The maximum atomic E-state index is 9.66. The van der Waals surface area contributed by atoms with Gasteiger partial charge in [0.2, 0.25) is 0 Å². The summed E-state index contributed by atoms with van der Waals surface area (Å²) in [6.45, 7) is 4.09. The lowest BCUT2D eigenvalue weighted by Crippen LogP contribution is -2.13. The molecule has 0 unspecified atom stereocenters. The fraction of sp³-hybridized carbons (Fsp3) is 0.286. The highest BCUT2D eigenvalue weighted by Gasteiger charge is 1.99. The second-order valence-corrected chi connectivity index (χ2v) is 4.01. The molecule has 2 aromatic rings. The predicted molar refractivity (Wildman–Crippen MR) is 67.6 cm³/mol. The van der Waals surface area contributed by atoms with Gasteiger partial charge in [0.25, 0.3) is 0 Å². The molecule has 0 amide bonds. The van der Waals surface area contributed by atoms with Crippen LogP contribution in [0, 0.1) is 0 Å². The lowest BCUT2D eigenvalue weighted by atomic mass is 10.1. The van der Waals surface area contributed by atoms with E-state index in [0.29, 0.717) is 5.75 Å². The number of nitrogens with one attached hydrogen (secondary N) is 1. The summed E-state index contributed by atoms with van der Waals surface area (Å²) in [5.74, 6) is 0.352. The highest BCUT2D eigenvalue weighted by atomic mass is 16.3. The number of aromatic hydroxyl groups is 1. The molecule has 0 aliphatic heterocycles. The van der Waals surface area contributed by atoms with Crippen molar-refractivity contribution in [3.63, 3.8) is 0 Å². The van der Waals surface area contributed by atoms with Gasteiger partial charge >= 0.3 is 0 Å². The normalized spacial score (nSPS) is 10.8. The van der Waals surface area contributed by atoms with Gasteiger partial charge in [-0.25, -0.2) is 0 Å². The predicted octanol–water partition coefficient (Wildman–Crippen LogP) is 3.05. The number of rotatable bonds is 4. The first-order valence-corrected chi connectivity index (χ1v) is 5.72. The Labute approximate surface area is 95.9 Å². The topological polar surface area (TPSA) is 32.3 Å². The van der Waals surface area contributed by atoms with Crippen molar-refractivity contribution >= 4 is 10.8 Å². The van der Waals surface area contributed by atoms with E-state index in [1.807, 2.05) is 18.2 Å². The van der Waals surface area contributed by atoms with Crippen molar-refractivity contribution in [3.8, 4) is 5.75 Å². The summed E-state index contributed by atoms with van der Waals surface area (Å²) in [7, 11) is 0. The van der Waals surface area contributed by atoms with Crippen molar-refractivity contribution in [2.75, 3.05) is 6.54 Å². The van der Waals surface area contributed by atoms with Crippen LogP contribution < -0.4 is 5.32 Å². The number of benzene rings is 2. The van der Waals surface area contributed by atoms with Gasteiger partial charge in [-0.2, -0.15) is 0 Å². The molecular weight excluding hydrogens is 198 g/mol. The lowest BCUT2D eigenvalue weighted by Gasteiger charge is -2.06. The van der Waals surface area contributed by atoms with Gasteiger partial charge in [-0.15, -0.1) is 0 Å². The molecule has 2 N–H and O–H groups in total. The van der Waals surface area contributed by atoms with Gasteiger partial charge in [-0.3, -0.25) is 0 Å². The summed E-state index contributed by atoms with van der Waals surface area (Å²) < 4.78 is 0. The first-order chi connectivity index (χ1) is 7.81. The van der Waals surface area contributed by atoms with Crippen LogP contribution in [0.25, 0.3) is 10.8 Å². The molecule has 2 heteroatoms. The number of hydrogen-bond donors (Lipinski definition) is 2. The van der Waals surface area contributed by atoms with Crippen molar-refractivity contribution in [1.29, 1.82) is 0 Å². The number of hydrogen-bond acceptors (Lipinski definition) is 2. The Balaban J connectivity index is 2.23. The number of phenolic OH excluding ortho intramolecular Hbond substituents is 1. The zero-order valence-corrected chi connectivity index (χ0v) is 9.53. The van der Waals surface area contributed by atoms with Crippen molar-refractivity contribution in [2.24, 2.45) is 0 Å². The number of phenols is 1. The zero-order chi connectivity index (χ0) is 11.4. The van der Waals surface area contributed by atoms with Crippen LogP contribution in [0.5, 0.6) is 5.75 Å². The maximum Gasteiger partial charge on any atom is 0.123 e. The van der Waals surface area contributed by atoms with Crippen LogP contribution in [0.2, 0.25) is 0 Å². The molecule has 0 spiro atoms. The van der Waals surface area contributed by atoms with Crippen molar-refractivity contribution in [1.82, 2.24) is 5.32 Å². The number of fused-ring (bicyclic) bond motifs is 1. The molecule has 2 aromatic carbocycles. The van der Waals surface area contributed by atoms with E-state index < -0.39 is 0 Å². The van der Waals surface area contributed by atoms with Crippen molar-refractivity contribution in [3.05, 3.63) is 42.0 Å². The lowest BCUT2D eigenvalue weighted by molar-refractivity contribution is 0.481. The van der Waals surface area contributed by atoms with E-state index in [9.17, 15) is 5.11 Å². The molecule has 0 bridgehead atoms. The highest BCUT2D eigenvalue weighted by Crippen LogP contribution is 2.24. The van der Waals surface area contributed by atoms with Crippen LogP contribution >= 0.6 is 0 Å². The van der Waals surface area contributed by atoms with Crippen LogP contribution in [-0.2, 0) is 6.54 Å². The van der Waals surface area contributed by atoms with Gasteiger partial charge in [0, 0.05) is 11.9 Å². The van der Waals surface area contributed by atoms with Gasteiger partial charge in [-0.1, -0.05) is 31.2 Å². The Kier molecular flexibility index (Phi) is 3.42. The molecule has 2 rings (SSSR count). The molecule has 0 radical (unpaired) electrons. The van der Waals surface area contributed by atoms with Gasteiger partial charge < -0.3 is 10.4 Å². The van der Waals surface area contributed by atoms with E-state index in [4.69, 9.17) is 0 Å². The summed E-state index contributed by atoms with van der Waals surface area (Å²) in [6, 6.07) is 11.8. The molecule has 0 aromatic heterocycles. The maximum absolute atomic E-state index is 9.66. The third-order valence-electron chi connectivity index (χ3n) is 2.68. The average Bonchev–Trinajstić information content (AvgIpc) is 2.30. The third-order valence-corrected chi connectivity index (χ3v) is 2.68. The average molecular weight is 215 g/mol. The van der Waals surface area contributed by atoms with E-state index in [1.54, 1.807) is 6.07 Å². The molecule has 0 saturated carbocycles. The minimum absolute atomic E-state index is 0.352. The fourth-order valence-corrected chi connectivity index (χ4v) is 1.84. The van der Waals surface area contributed by atoms with E-state index >= 15 is 0 Å². The van der Waals surface area contributed by atoms with E-state index in [0.717, 1.165) is 30.3 Å². The molecule has 0 atom stereocenters. The molecule has 0 heterocycles. The Bertz CT molecular complexity index is 479. The largest absolute Gasteiger partial charge is 0.507 e. The SMILES string of the molecule is CCCNCc1ccc2c(O)cccc2c1. The van der Waals surface area contributed by atoms with Crippen molar-refractivity contribution in [2.45, 2.75) is 19.9 Å². The smallest absolute Gasteiger partial charge is 0.123 e. The summed E-state index contributed by atoms with van der Waals surface area (Å²) >= 11 is 0. The molecule has 0 fully saturated rings. The van der Waals surface area contributed by atoms with Gasteiger partial charge in [-0.05, 0) is 36.0 Å². The Morgan fingerprint density at radius 1 is 1.19 bits per heavy atom. The highest BCUT2D eigenvalue weighted by molar-refractivity contribution is 5.88. The van der Waals surface area contributed by atoms with Crippen LogP contribution in [0.4, 0.5) is 0 Å². The first kappa shape index (κ1) is 11.0. The Morgan fingerprint density at radius 3 is 2.88 bits per heavy atom. The van der Waals surface area contributed by atoms with E-state index in [1.165, 1.54) is 5.56 Å². The molecule has 84 valence electrons. The second kappa shape index (κ2) is 4.99. The molecule has 0 saturated heterocycles. The van der Waals surface area contributed by atoms with Crippen LogP contribution in [0.15, 0.2) is 36.4 Å². The van der Waals surface area contributed by atoms with E-state index in [2.05, 4.69) is 24.4 Å². The van der Waals surface area contributed by atoms with Gasteiger partial charge in [0.1, 0.15) is 5.75 Å². The molecular formula is C14H17NO. The summed E-state index contributed by atoms with van der Waals surface area (Å²) in [5, 5.41) is 15.0. The quantitative estimate of drug-likeness (QED) is 0.768. The molecule has 0 aliphatic rings. The summed E-state index contributed by atoms with van der Waals surface area (Å²) in [4.78, 5) is 0. The molecule has 2 nitrogen and oxygen atoms in total. The van der Waals surface area contributed by atoms with E-state index in [-0.39, 0.29) is 0 Å². The monoisotopic (exact) mass is 215 g/mol. The fourth-order valence-electron chi connectivity index (χ4n) is 1.84. The van der Waals surface area contributed by atoms with Crippen LogP contribution in [0.3, 0.4) is 0 Å². The molecule has 16 heavy (non-hydrogen) atoms. The van der Waals surface area contributed by atoms with Crippen molar-refractivity contribution < 1.29 is 5.11 Å². The van der Waals surface area contributed by atoms with Crippen LogP contribution in [-0.4, -0.2) is 11.7 Å². The van der Waals surface area contributed by atoms with Crippen LogP contribution in [0.1, 0.15) is 18.9 Å². The summed E-state index contributed by atoms with van der Waals surface area (Å²) in [5.41, 5.74) is 1.26. The van der Waals surface area contributed by atoms with Gasteiger partial charge in [0.15, 0.2) is 0 Å².